The molecule has 1 aromatic rings. The molecule has 0 spiro atoms. The molecule has 5 heteroatoms. The molecular formula is C12H15FN2O2. The minimum atomic E-state index is -0.683. The molecule has 0 heterocycles. The Balaban J connectivity index is 2.72. The number of carbonyl (C=O) groups excluding carboxylic acids is 1. The largest absolute Gasteiger partial charge is 0.494 e. The molecule has 0 fully saturated rings. The molecule has 17 heavy (non-hydrogen) atoms. The number of amides is 1. The van der Waals surface area contributed by atoms with Gasteiger partial charge in [0.2, 0.25) is 5.91 Å². The van der Waals surface area contributed by atoms with Crippen molar-refractivity contribution in [2.75, 3.05) is 12.4 Å². The van der Waals surface area contributed by atoms with Gasteiger partial charge in [-0.1, -0.05) is 6.08 Å². The van der Waals surface area contributed by atoms with Crippen molar-refractivity contribution in [3.8, 4) is 5.75 Å². The van der Waals surface area contributed by atoms with E-state index >= 15 is 0 Å². The Morgan fingerprint density at radius 2 is 2.41 bits per heavy atom. The summed E-state index contributed by atoms with van der Waals surface area (Å²) < 4.78 is 18.1. The summed E-state index contributed by atoms with van der Waals surface area (Å²) in [6, 6.07) is 3.47. The number of nitrogens with one attached hydrogen (secondary N) is 1. The van der Waals surface area contributed by atoms with E-state index in [1.165, 1.54) is 19.2 Å². The molecule has 4 nitrogen and oxygen atoms in total. The van der Waals surface area contributed by atoms with Crippen molar-refractivity contribution in [2.45, 2.75) is 12.5 Å². The van der Waals surface area contributed by atoms with E-state index in [4.69, 9.17) is 10.5 Å². The van der Waals surface area contributed by atoms with Crippen molar-refractivity contribution < 1.29 is 13.9 Å². The van der Waals surface area contributed by atoms with E-state index in [9.17, 15) is 9.18 Å². The number of anilines is 1. The molecule has 0 bridgehead atoms. The highest BCUT2D eigenvalue weighted by Crippen LogP contribution is 2.20. The smallest absolute Gasteiger partial charge is 0.241 e. The van der Waals surface area contributed by atoms with Crippen LogP contribution in [0.3, 0.4) is 0 Å². The fourth-order valence-electron chi connectivity index (χ4n) is 1.27. The SMILES string of the molecule is C=CCC(N)C(=O)Nc1ccc(OC)c(F)c1. The molecule has 0 aromatic heterocycles. The average Bonchev–Trinajstić information content (AvgIpc) is 2.29. The molecule has 3 N–H and O–H groups in total. The van der Waals surface area contributed by atoms with Crippen LogP contribution >= 0.6 is 0 Å². The van der Waals surface area contributed by atoms with Gasteiger partial charge in [0.05, 0.1) is 13.2 Å². The van der Waals surface area contributed by atoms with Crippen LogP contribution in [0.25, 0.3) is 0 Å². The second kappa shape index (κ2) is 6.00. The fourth-order valence-corrected chi connectivity index (χ4v) is 1.27. The van der Waals surface area contributed by atoms with Crippen molar-refractivity contribution in [2.24, 2.45) is 5.73 Å². The number of benzene rings is 1. The Morgan fingerprint density at radius 3 is 2.94 bits per heavy atom. The van der Waals surface area contributed by atoms with Gasteiger partial charge in [-0.25, -0.2) is 4.39 Å². The summed E-state index contributed by atoms with van der Waals surface area (Å²) in [5.74, 6) is -0.796. The highest BCUT2D eigenvalue weighted by Gasteiger charge is 2.12. The van der Waals surface area contributed by atoms with Crippen LogP contribution in [0.1, 0.15) is 6.42 Å². The van der Waals surface area contributed by atoms with Crippen LogP contribution in [0.15, 0.2) is 30.9 Å². The van der Waals surface area contributed by atoms with E-state index < -0.39 is 11.9 Å². The van der Waals surface area contributed by atoms with Crippen molar-refractivity contribution in [3.63, 3.8) is 0 Å². The lowest BCUT2D eigenvalue weighted by atomic mass is 10.2. The van der Waals surface area contributed by atoms with Crippen LogP contribution in [0, 0.1) is 5.82 Å². The van der Waals surface area contributed by atoms with Crippen LogP contribution in [0.4, 0.5) is 10.1 Å². The van der Waals surface area contributed by atoms with Crippen LogP contribution in [-0.2, 0) is 4.79 Å². The van der Waals surface area contributed by atoms with E-state index in [1.54, 1.807) is 12.1 Å². The second-order valence-electron chi connectivity index (χ2n) is 3.47. The molecular weight excluding hydrogens is 223 g/mol. The summed E-state index contributed by atoms with van der Waals surface area (Å²) >= 11 is 0. The maximum Gasteiger partial charge on any atom is 0.241 e. The second-order valence-corrected chi connectivity index (χ2v) is 3.47. The first kappa shape index (κ1) is 13.2. The van der Waals surface area contributed by atoms with Gasteiger partial charge < -0.3 is 15.8 Å². The lowest BCUT2D eigenvalue weighted by Gasteiger charge is -2.11. The monoisotopic (exact) mass is 238 g/mol. The molecule has 1 aromatic carbocycles. The molecule has 92 valence electrons. The third kappa shape index (κ3) is 3.57. The molecule has 1 amide bonds. The standard InChI is InChI=1S/C12H15FN2O2/c1-3-4-10(14)12(16)15-8-5-6-11(17-2)9(13)7-8/h3,5-7,10H,1,4,14H2,2H3,(H,15,16). The quantitative estimate of drug-likeness (QED) is 0.767. The zero-order chi connectivity index (χ0) is 12.8. The zero-order valence-corrected chi connectivity index (χ0v) is 9.57. The molecule has 1 atom stereocenters. The zero-order valence-electron chi connectivity index (χ0n) is 9.57. The number of hydrogen-bond acceptors (Lipinski definition) is 3. The van der Waals surface area contributed by atoms with Crippen molar-refractivity contribution in [1.82, 2.24) is 0 Å². The maximum absolute atomic E-state index is 13.3. The van der Waals surface area contributed by atoms with E-state index in [-0.39, 0.29) is 11.7 Å². The fraction of sp³-hybridized carbons (Fsp3) is 0.250. The molecule has 0 aliphatic rings. The molecule has 0 saturated carbocycles. The summed E-state index contributed by atoms with van der Waals surface area (Å²) in [6.07, 6.45) is 1.92. The molecule has 0 radical (unpaired) electrons. The van der Waals surface area contributed by atoms with Gasteiger partial charge in [0.15, 0.2) is 11.6 Å². The van der Waals surface area contributed by atoms with Crippen LogP contribution in [0.2, 0.25) is 0 Å². The van der Waals surface area contributed by atoms with Gasteiger partial charge in [-0.3, -0.25) is 4.79 Å². The van der Waals surface area contributed by atoms with Gasteiger partial charge in [-0.15, -0.1) is 6.58 Å². The van der Waals surface area contributed by atoms with Gasteiger partial charge in [-0.2, -0.15) is 0 Å². The predicted octanol–water partition coefficient (Wildman–Crippen LogP) is 1.68. The minimum absolute atomic E-state index is 0.124. The Labute approximate surface area is 99.3 Å². The first-order chi connectivity index (χ1) is 8.08. The van der Waals surface area contributed by atoms with E-state index in [2.05, 4.69) is 11.9 Å². The summed E-state index contributed by atoms with van der Waals surface area (Å²) in [7, 11) is 1.37. The van der Waals surface area contributed by atoms with Crippen molar-refractivity contribution >= 4 is 11.6 Å². The number of hydrogen-bond donors (Lipinski definition) is 2. The highest BCUT2D eigenvalue weighted by atomic mass is 19.1. The van der Waals surface area contributed by atoms with Crippen LogP contribution in [0.5, 0.6) is 5.75 Å². The predicted molar refractivity (Wildman–Crippen MR) is 64.4 cm³/mol. The average molecular weight is 238 g/mol. The maximum atomic E-state index is 13.3. The lowest BCUT2D eigenvalue weighted by Crippen LogP contribution is -2.35. The summed E-state index contributed by atoms with van der Waals surface area (Å²) in [6.45, 7) is 3.49. The summed E-state index contributed by atoms with van der Waals surface area (Å²) in [5.41, 5.74) is 5.91. The van der Waals surface area contributed by atoms with E-state index in [0.717, 1.165) is 0 Å². The van der Waals surface area contributed by atoms with Crippen molar-refractivity contribution in [3.05, 3.63) is 36.7 Å². The minimum Gasteiger partial charge on any atom is -0.494 e. The number of ether oxygens (including phenoxy) is 1. The molecule has 1 unspecified atom stereocenters. The third-order valence-corrected chi connectivity index (χ3v) is 2.18. The lowest BCUT2D eigenvalue weighted by molar-refractivity contribution is -0.117. The highest BCUT2D eigenvalue weighted by molar-refractivity contribution is 5.94. The Morgan fingerprint density at radius 1 is 1.71 bits per heavy atom. The number of nitrogens with two attached hydrogens (primary N) is 1. The Hall–Kier alpha value is -1.88. The number of rotatable bonds is 5. The van der Waals surface area contributed by atoms with Crippen LogP contribution in [-0.4, -0.2) is 19.1 Å². The van der Waals surface area contributed by atoms with Gasteiger partial charge in [-0.05, 0) is 18.6 Å². The van der Waals surface area contributed by atoms with Gasteiger partial charge >= 0.3 is 0 Å². The van der Waals surface area contributed by atoms with Crippen LogP contribution < -0.4 is 15.8 Å². The molecule has 0 aliphatic heterocycles. The summed E-state index contributed by atoms with van der Waals surface area (Å²) in [5, 5.41) is 2.51. The van der Waals surface area contributed by atoms with E-state index in [0.29, 0.717) is 12.1 Å². The number of halogens is 1. The van der Waals surface area contributed by atoms with Crippen molar-refractivity contribution in [1.29, 1.82) is 0 Å². The number of carbonyl (C=O) groups is 1. The number of methoxy groups -OCH3 is 1. The molecule has 0 aliphatic carbocycles. The summed E-state index contributed by atoms with van der Waals surface area (Å²) in [4.78, 5) is 11.5. The first-order valence-corrected chi connectivity index (χ1v) is 5.09. The van der Waals surface area contributed by atoms with E-state index in [1.807, 2.05) is 0 Å². The van der Waals surface area contributed by atoms with Gasteiger partial charge in [0, 0.05) is 11.8 Å². The molecule has 1 rings (SSSR count). The third-order valence-electron chi connectivity index (χ3n) is 2.18. The van der Waals surface area contributed by atoms with Gasteiger partial charge in [0.25, 0.3) is 0 Å². The topological polar surface area (TPSA) is 64.4 Å². The Bertz CT molecular complexity index is 421. The van der Waals surface area contributed by atoms with Gasteiger partial charge in [0.1, 0.15) is 0 Å². The molecule has 0 saturated heterocycles. The Kier molecular flexibility index (Phi) is 4.66. The first-order valence-electron chi connectivity index (χ1n) is 5.09. The normalized spacial score (nSPS) is 11.7.